The number of thiophene rings is 1. The molecule has 19 heavy (non-hydrogen) atoms. The fourth-order valence-corrected chi connectivity index (χ4v) is 3.36. The fourth-order valence-electron chi connectivity index (χ4n) is 2.58. The molecule has 0 unspecified atom stereocenters. The van der Waals surface area contributed by atoms with Crippen molar-refractivity contribution in [1.82, 2.24) is 14.9 Å². The summed E-state index contributed by atoms with van der Waals surface area (Å²) in [5.41, 5.74) is 0. The minimum Gasteiger partial charge on any atom is -0.372 e. The zero-order valence-electron chi connectivity index (χ0n) is 11.5. The van der Waals surface area contributed by atoms with Crippen molar-refractivity contribution < 1.29 is 0 Å². The molecule has 3 heterocycles. The molecule has 4 nitrogen and oxygen atoms in total. The predicted octanol–water partition coefficient (Wildman–Crippen LogP) is 2.96. The van der Waals surface area contributed by atoms with Gasteiger partial charge in [-0.15, -0.1) is 11.3 Å². The number of fused-ring (bicyclic) bond motifs is 1. The van der Waals surface area contributed by atoms with Crippen LogP contribution < -0.4 is 5.32 Å². The van der Waals surface area contributed by atoms with E-state index in [0.717, 1.165) is 34.3 Å². The molecule has 3 rings (SSSR count). The van der Waals surface area contributed by atoms with E-state index in [1.54, 1.807) is 11.3 Å². The molecule has 0 aliphatic carbocycles. The molecule has 0 aromatic carbocycles. The van der Waals surface area contributed by atoms with Crippen LogP contribution in [0.3, 0.4) is 0 Å². The van der Waals surface area contributed by atoms with Gasteiger partial charge < -0.3 is 5.32 Å². The van der Waals surface area contributed by atoms with Gasteiger partial charge in [0.25, 0.3) is 0 Å². The van der Waals surface area contributed by atoms with Crippen LogP contribution in [0.2, 0.25) is 0 Å². The van der Waals surface area contributed by atoms with Gasteiger partial charge in [-0.1, -0.05) is 6.92 Å². The van der Waals surface area contributed by atoms with Crippen molar-refractivity contribution in [2.45, 2.75) is 26.3 Å². The Morgan fingerprint density at radius 3 is 2.89 bits per heavy atom. The van der Waals surface area contributed by atoms with Crippen LogP contribution in [0.1, 0.15) is 25.6 Å². The van der Waals surface area contributed by atoms with Gasteiger partial charge in [0.15, 0.2) is 0 Å². The highest BCUT2D eigenvalue weighted by molar-refractivity contribution is 7.16. The van der Waals surface area contributed by atoms with Crippen LogP contribution in [-0.2, 0) is 6.54 Å². The minimum absolute atomic E-state index is 0.866. The number of anilines is 1. The molecule has 5 heteroatoms. The number of hydrogen-bond donors (Lipinski definition) is 1. The first-order valence-corrected chi connectivity index (χ1v) is 7.78. The highest BCUT2D eigenvalue weighted by Crippen LogP contribution is 2.25. The highest BCUT2D eigenvalue weighted by Gasteiger charge is 2.17. The third-order valence-corrected chi connectivity index (χ3v) is 4.66. The number of piperidine rings is 1. The smallest absolute Gasteiger partial charge is 0.146 e. The molecule has 0 spiro atoms. The van der Waals surface area contributed by atoms with E-state index in [1.165, 1.54) is 25.9 Å². The lowest BCUT2D eigenvalue weighted by atomic mass is 9.99. The molecule has 0 atom stereocenters. The largest absolute Gasteiger partial charge is 0.372 e. The summed E-state index contributed by atoms with van der Waals surface area (Å²) >= 11 is 1.68. The second-order valence-electron chi connectivity index (χ2n) is 5.34. The molecule has 0 amide bonds. The summed E-state index contributed by atoms with van der Waals surface area (Å²) in [6.45, 7) is 5.55. The summed E-state index contributed by atoms with van der Waals surface area (Å²) in [6.07, 6.45) is 2.58. The monoisotopic (exact) mass is 276 g/mol. The van der Waals surface area contributed by atoms with E-state index in [2.05, 4.69) is 38.6 Å². The molecule has 1 N–H and O–H groups in total. The average molecular weight is 276 g/mol. The van der Waals surface area contributed by atoms with Crippen LogP contribution in [0, 0.1) is 5.92 Å². The first-order valence-electron chi connectivity index (χ1n) is 6.90. The maximum absolute atomic E-state index is 4.68. The van der Waals surface area contributed by atoms with Crippen molar-refractivity contribution in [3.05, 3.63) is 17.3 Å². The normalized spacial score (nSPS) is 18.0. The Morgan fingerprint density at radius 1 is 1.37 bits per heavy atom. The first kappa shape index (κ1) is 12.8. The maximum Gasteiger partial charge on any atom is 0.146 e. The Bertz CT molecular complexity index is 558. The topological polar surface area (TPSA) is 41.1 Å². The summed E-state index contributed by atoms with van der Waals surface area (Å²) < 4.78 is 0. The van der Waals surface area contributed by atoms with E-state index in [-0.39, 0.29) is 0 Å². The fraction of sp³-hybridized carbons (Fsp3) is 0.571. The molecular weight excluding hydrogens is 256 g/mol. The van der Waals surface area contributed by atoms with Crippen LogP contribution in [0.4, 0.5) is 5.82 Å². The summed E-state index contributed by atoms with van der Waals surface area (Å²) in [5, 5.41) is 6.38. The third kappa shape index (κ3) is 2.72. The van der Waals surface area contributed by atoms with Gasteiger partial charge in [0.05, 0.1) is 11.9 Å². The Hall–Kier alpha value is -1.20. The lowest BCUT2D eigenvalue weighted by Crippen LogP contribution is -2.33. The first-order chi connectivity index (χ1) is 9.26. The van der Waals surface area contributed by atoms with Crippen molar-refractivity contribution in [2.75, 3.05) is 25.5 Å². The Kier molecular flexibility index (Phi) is 3.66. The molecule has 102 valence electrons. The summed E-state index contributed by atoms with van der Waals surface area (Å²) in [4.78, 5) is 12.9. The zero-order valence-corrected chi connectivity index (χ0v) is 12.3. The Labute approximate surface area is 117 Å². The molecule has 0 saturated carbocycles. The van der Waals surface area contributed by atoms with E-state index in [0.29, 0.717) is 0 Å². The third-order valence-electron chi connectivity index (χ3n) is 3.85. The number of hydrogen-bond acceptors (Lipinski definition) is 5. The summed E-state index contributed by atoms with van der Waals surface area (Å²) in [6, 6.07) is 2.08. The van der Waals surface area contributed by atoms with Gasteiger partial charge in [0.1, 0.15) is 16.5 Å². The number of nitrogens with zero attached hydrogens (tertiary/aromatic N) is 3. The molecule has 1 saturated heterocycles. The van der Waals surface area contributed by atoms with Gasteiger partial charge in [0, 0.05) is 7.05 Å². The molecule has 2 aromatic heterocycles. The summed E-state index contributed by atoms with van der Waals surface area (Å²) in [7, 11) is 1.92. The van der Waals surface area contributed by atoms with Gasteiger partial charge in [0.2, 0.25) is 0 Å². The van der Waals surface area contributed by atoms with Crippen molar-refractivity contribution in [1.29, 1.82) is 0 Å². The number of aromatic nitrogens is 2. The molecule has 1 aliphatic heterocycles. The molecule has 0 bridgehead atoms. The molecule has 2 aromatic rings. The van der Waals surface area contributed by atoms with E-state index >= 15 is 0 Å². The van der Waals surface area contributed by atoms with Gasteiger partial charge in [-0.2, -0.15) is 0 Å². The lowest BCUT2D eigenvalue weighted by Gasteiger charge is -2.29. The molecule has 1 fully saturated rings. The van der Waals surface area contributed by atoms with Crippen molar-refractivity contribution in [3.63, 3.8) is 0 Å². The van der Waals surface area contributed by atoms with Crippen LogP contribution in [0.15, 0.2) is 11.4 Å². The SMILES string of the molecule is CNc1nc(CN2CCC(C)CC2)nc2sccc12. The number of likely N-dealkylation sites (tertiary alicyclic amines) is 1. The van der Waals surface area contributed by atoms with Crippen LogP contribution in [0.5, 0.6) is 0 Å². The molecule has 1 aliphatic rings. The average Bonchev–Trinajstić information content (AvgIpc) is 2.89. The van der Waals surface area contributed by atoms with Crippen LogP contribution in [-0.4, -0.2) is 35.0 Å². The van der Waals surface area contributed by atoms with Gasteiger partial charge in [-0.05, 0) is 43.3 Å². The second kappa shape index (κ2) is 5.43. The van der Waals surface area contributed by atoms with Crippen molar-refractivity contribution in [2.24, 2.45) is 5.92 Å². The molecule has 0 radical (unpaired) electrons. The molecular formula is C14H20N4S. The predicted molar refractivity (Wildman–Crippen MR) is 80.6 cm³/mol. The summed E-state index contributed by atoms with van der Waals surface area (Å²) in [5.74, 6) is 2.75. The number of nitrogens with one attached hydrogen (secondary N) is 1. The van der Waals surface area contributed by atoms with E-state index in [1.807, 2.05) is 7.05 Å². The second-order valence-corrected chi connectivity index (χ2v) is 6.23. The standard InChI is InChI=1S/C14H20N4S/c1-10-3-6-18(7-4-10)9-12-16-13(15-2)11-5-8-19-14(11)17-12/h5,8,10H,3-4,6-7,9H2,1-2H3,(H,15,16,17). The highest BCUT2D eigenvalue weighted by atomic mass is 32.1. The van der Waals surface area contributed by atoms with E-state index in [4.69, 9.17) is 0 Å². The van der Waals surface area contributed by atoms with Crippen molar-refractivity contribution >= 4 is 27.4 Å². The van der Waals surface area contributed by atoms with Crippen LogP contribution >= 0.6 is 11.3 Å². The van der Waals surface area contributed by atoms with E-state index in [9.17, 15) is 0 Å². The maximum atomic E-state index is 4.68. The van der Waals surface area contributed by atoms with Gasteiger partial charge >= 0.3 is 0 Å². The van der Waals surface area contributed by atoms with Crippen molar-refractivity contribution in [3.8, 4) is 0 Å². The minimum atomic E-state index is 0.866. The van der Waals surface area contributed by atoms with Gasteiger partial charge in [-0.25, -0.2) is 9.97 Å². The Morgan fingerprint density at radius 2 is 2.16 bits per heavy atom. The van der Waals surface area contributed by atoms with Crippen LogP contribution in [0.25, 0.3) is 10.2 Å². The van der Waals surface area contributed by atoms with E-state index < -0.39 is 0 Å². The Balaban J connectivity index is 1.80. The quantitative estimate of drug-likeness (QED) is 0.935. The lowest BCUT2D eigenvalue weighted by molar-refractivity contribution is 0.181. The zero-order chi connectivity index (χ0) is 13.2. The number of rotatable bonds is 3. The van der Waals surface area contributed by atoms with Gasteiger partial charge in [-0.3, -0.25) is 4.90 Å².